The van der Waals surface area contributed by atoms with E-state index in [0.717, 1.165) is 6.54 Å². The van der Waals surface area contributed by atoms with Crippen LogP contribution in [-0.4, -0.2) is 38.3 Å². The quantitative estimate of drug-likeness (QED) is 0.694. The molecule has 19 heavy (non-hydrogen) atoms. The first-order valence-corrected chi connectivity index (χ1v) is 6.43. The molecule has 0 saturated heterocycles. The van der Waals surface area contributed by atoms with Gasteiger partial charge in [-0.15, -0.1) is 6.58 Å². The third-order valence-corrected chi connectivity index (χ3v) is 2.73. The lowest BCUT2D eigenvalue weighted by molar-refractivity contribution is 0.205. The number of hydrogen-bond donors (Lipinski definition) is 1. The lowest BCUT2D eigenvalue weighted by atomic mass is 10.2. The van der Waals surface area contributed by atoms with Gasteiger partial charge in [0.1, 0.15) is 0 Å². The largest absolute Gasteiger partial charge is 0.383 e. The maximum atomic E-state index is 14.4. The molecule has 1 aromatic rings. The molecule has 0 radical (unpaired) electrons. The van der Waals surface area contributed by atoms with Gasteiger partial charge in [-0.25, -0.2) is 9.37 Å². The van der Waals surface area contributed by atoms with E-state index in [4.69, 9.17) is 4.74 Å². The number of nitrogens with zero attached hydrogens (tertiary/aromatic N) is 2. The molecule has 0 aliphatic carbocycles. The molecule has 0 saturated carbocycles. The zero-order valence-electron chi connectivity index (χ0n) is 11.7. The van der Waals surface area contributed by atoms with Crippen LogP contribution in [0.25, 0.3) is 0 Å². The van der Waals surface area contributed by atoms with Gasteiger partial charge in [0.2, 0.25) is 0 Å². The van der Waals surface area contributed by atoms with Crippen molar-refractivity contribution in [1.29, 1.82) is 0 Å². The first kappa shape index (κ1) is 15.6. The summed E-state index contributed by atoms with van der Waals surface area (Å²) in [6.45, 7) is 8.63. The summed E-state index contributed by atoms with van der Waals surface area (Å²) in [5, 5.41) is 3.12. The molecule has 0 aromatic carbocycles. The van der Waals surface area contributed by atoms with Crippen molar-refractivity contribution in [2.24, 2.45) is 0 Å². The van der Waals surface area contributed by atoms with E-state index in [1.165, 1.54) is 0 Å². The Balaban J connectivity index is 2.91. The van der Waals surface area contributed by atoms with Gasteiger partial charge < -0.3 is 15.0 Å². The minimum absolute atomic E-state index is 0.276. The Hall–Kier alpha value is -1.46. The lowest BCUT2D eigenvalue weighted by Gasteiger charge is -2.23. The zero-order valence-corrected chi connectivity index (χ0v) is 11.7. The minimum atomic E-state index is -0.276. The fraction of sp³-hybridized carbons (Fsp3) is 0.500. The maximum Gasteiger partial charge on any atom is 0.170 e. The Kier molecular flexibility index (Phi) is 7.07. The molecular formula is C14H22FN3O. The number of nitrogens with one attached hydrogen (secondary N) is 1. The van der Waals surface area contributed by atoms with E-state index in [1.807, 2.05) is 11.8 Å². The number of pyridine rings is 1. The Labute approximate surface area is 114 Å². The molecule has 1 N–H and O–H groups in total. The summed E-state index contributed by atoms with van der Waals surface area (Å²) >= 11 is 0. The second kappa shape index (κ2) is 8.61. The van der Waals surface area contributed by atoms with Gasteiger partial charge in [0, 0.05) is 38.5 Å². The van der Waals surface area contributed by atoms with Crippen LogP contribution >= 0.6 is 0 Å². The second-order valence-electron chi connectivity index (χ2n) is 4.12. The molecule has 0 bridgehead atoms. The highest BCUT2D eigenvalue weighted by molar-refractivity contribution is 5.43. The molecule has 5 heteroatoms. The predicted molar refractivity (Wildman–Crippen MR) is 75.9 cm³/mol. The molecule has 0 amide bonds. The maximum absolute atomic E-state index is 14.4. The van der Waals surface area contributed by atoms with Crippen molar-refractivity contribution in [3.8, 4) is 0 Å². The van der Waals surface area contributed by atoms with Crippen molar-refractivity contribution in [3.05, 3.63) is 36.3 Å². The highest BCUT2D eigenvalue weighted by atomic mass is 19.1. The standard InChI is InChI=1S/C14H22FN3O/c1-4-8-18(9-10-19-3)14-13(15)12(6-7-17-14)11-16-5-2/h4,6-7,16H,1,5,8-11H2,2-3H3. The second-order valence-corrected chi connectivity index (χ2v) is 4.12. The fourth-order valence-corrected chi connectivity index (χ4v) is 1.73. The van der Waals surface area contributed by atoms with Gasteiger partial charge in [0.05, 0.1) is 6.61 Å². The molecule has 0 fully saturated rings. The monoisotopic (exact) mass is 267 g/mol. The van der Waals surface area contributed by atoms with Crippen LogP contribution in [-0.2, 0) is 11.3 Å². The van der Waals surface area contributed by atoms with Crippen LogP contribution in [0.15, 0.2) is 24.9 Å². The van der Waals surface area contributed by atoms with Gasteiger partial charge >= 0.3 is 0 Å². The van der Waals surface area contributed by atoms with Gasteiger partial charge in [-0.1, -0.05) is 13.0 Å². The van der Waals surface area contributed by atoms with Crippen molar-refractivity contribution in [2.45, 2.75) is 13.5 Å². The van der Waals surface area contributed by atoms with Crippen molar-refractivity contribution in [2.75, 3.05) is 38.3 Å². The van der Waals surface area contributed by atoms with Crippen LogP contribution in [0.2, 0.25) is 0 Å². The van der Waals surface area contributed by atoms with Gasteiger partial charge in [-0.3, -0.25) is 0 Å². The van der Waals surface area contributed by atoms with Crippen molar-refractivity contribution >= 4 is 5.82 Å². The van der Waals surface area contributed by atoms with E-state index in [0.29, 0.717) is 37.6 Å². The summed E-state index contributed by atoms with van der Waals surface area (Å²) in [5.41, 5.74) is 0.623. The Morgan fingerprint density at radius 3 is 3.00 bits per heavy atom. The van der Waals surface area contributed by atoms with Crippen LogP contribution < -0.4 is 10.2 Å². The van der Waals surface area contributed by atoms with Crippen molar-refractivity contribution in [1.82, 2.24) is 10.3 Å². The molecule has 0 atom stereocenters. The van der Waals surface area contributed by atoms with E-state index >= 15 is 0 Å². The van der Waals surface area contributed by atoms with Crippen LogP contribution in [0.1, 0.15) is 12.5 Å². The average Bonchev–Trinajstić information content (AvgIpc) is 2.42. The zero-order chi connectivity index (χ0) is 14.1. The first-order chi connectivity index (χ1) is 9.24. The van der Waals surface area contributed by atoms with E-state index < -0.39 is 0 Å². The SMILES string of the molecule is C=CCN(CCOC)c1nccc(CNCC)c1F. The third-order valence-electron chi connectivity index (χ3n) is 2.73. The Bertz CT molecular complexity index is 398. The molecule has 106 valence electrons. The summed E-state index contributed by atoms with van der Waals surface area (Å²) in [4.78, 5) is 5.96. The number of rotatable bonds is 9. The number of methoxy groups -OCH3 is 1. The van der Waals surface area contributed by atoms with Gasteiger partial charge in [0.25, 0.3) is 0 Å². The number of anilines is 1. The highest BCUT2D eigenvalue weighted by Gasteiger charge is 2.15. The number of hydrogen-bond acceptors (Lipinski definition) is 4. The summed E-state index contributed by atoms with van der Waals surface area (Å²) in [5.74, 6) is 0.0776. The van der Waals surface area contributed by atoms with Gasteiger partial charge in [-0.2, -0.15) is 0 Å². The van der Waals surface area contributed by atoms with Crippen LogP contribution in [0.5, 0.6) is 0 Å². The molecule has 1 aromatic heterocycles. The van der Waals surface area contributed by atoms with Gasteiger partial charge in [0.15, 0.2) is 11.6 Å². The molecule has 1 rings (SSSR count). The van der Waals surface area contributed by atoms with E-state index in [-0.39, 0.29) is 5.82 Å². The van der Waals surface area contributed by atoms with Crippen molar-refractivity contribution in [3.63, 3.8) is 0 Å². The van der Waals surface area contributed by atoms with Crippen LogP contribution in [0.3, 0.4) is 0 Å². The Morgan fingerprint density at radius 1 is 1.58 bits per heavy atom. The van der Waals surface area contributed by atoms with E-state index in [1.54, 1.807) is 25.4 Å². The molecule has 0 spiro atoms. The van der Waals surface area contributed by atoms with E-state index in [9.17, 15) is 4.39 Å². The van der Waals surface area contributed by atoms with Crippen molar-refractivity contribution < 1.29 is 9.13 Å². The fourth-order valence-electron chi connectivity index (χ4n) is 1.73. The molecule has 1 heterocycles. The highest BCUT2D eigenvalue weighted by Crippen LogP contribution is 2.19. The summed E-state index contributed by atoms with van der Waals surface area (Å²) in [6.07, 6.45) is 3.36. The lowest BCUT2D eigenvalue weighted by Crippen LogP contribution is -2.29. The molecule has 0 aliphatic rings. The third kappa shape index (κ3) is 4.61. The smallest absolute Gasteiger partial charge is 0.170 e. The first-order valence-electron chi connectivity index (χ1n) is 6.43. The average molecular weight is 267 g/mol. The number of halogens is 1. The molecule has 4 nitrogen and oxygen atoms in total. The van der Waals surface area contributed by atoms with Gasteiger partial charge in [-0.05, 0) is 12.6 Å². The summed E-state index contributed by atoms with van der Waals surface area (Å²) < 4.78 is 19.4. The number of ether oxygens (including phenoxy) is 1. The van der Waals surface area contributed by atoms with Crippen LogP contribution in [0.4, 0.5) is 10.2 Å². The number of aromatic nitrogens is 1. The topological polar surface area (TPSA) is 37.4 Å². The summed E-state index contributed by atoms with van der Waals surface area (Å²) in [6, 6.07) is 1.70. The molecule has 0 unspecified atom stereocenters. The van der Waals surface area contributed by atoms with Crippen LogP contribution in [0, 0.1) is 5.82 Å². The summed E-state index contributed by atoms with van der Waals surface area (Å²) in [7, 11) is 1.62. The predicted octanol–water partition coefficient (Wildman–Crippen LogP) is 1.97. The normalized spacial score (nSPS) is 10.5. The van der Waals surface area contributed by atoms with E-state index in [2.05, 4.69) is 16.9 Å². The minimum Gasteiger partial charge on any atom is -0.383 e. The Morgan fingerprint density at radius 2 is 2.37 bits per heavy atom. The molecule has 0 aliphatic heterocycles. The molecular weight excluding hydrogens is 245 g/mol.